The largest absolute Gasteiger partial charge is 0.397 e. The number of nitrogens with two attached hydrogens (primary N) is 1. The summed E-state index contributed by atoms with van der Waals surface area (Å²) in [6.07, 6.45) is 0.762. The van der Waals surface area contributed by atoms with Crippen molar-refractivity contribution in [2.45, 2.75) is 12.3 Å². The molecule has 4 heteroatoms. The van der Waals surface area contributed by atoms with Crippen molar-refractivity contribution in [2.75, 3.05) is 11.1 Å². The maximum Gasteiger partial charge on any atom is 0.232 e. The van der Waals surface area contributed by atoms with Crippen molar-refractivity contribution < 1.29 is 4.79 Å². The van der Waals surface area contributed by atoms with Crippen LogP contribution in [0.3, 0.4) is 0 Å². The van der Waals surface area contributed by atoms with Crippen LogP contribution in [0.4, 0.5) is 11.4 Å². The van der Waals surface area contributed by atoms with E-state index in [4.69, 9.17) is 11.0 Å². The number of carbonyl (C=O) groups is 1. The number of benzene rings is 2. The van der Waals surface area contributed by atoms with Crippen molar-refractivity contribution in [3.8, 4) is 6.07 Å². The highest BCUT2D eigenvalue weighted by molar-refractivity contribution is 5.99. The molecule has 2 aromatic carbocycles. The quantitative estimate of drug-likeness (QED) is 0.817. The molecule has 1 atom stereocenters. The normalized spacial score (nSPS) is 15.7. The Bertz CT molecular complexity index is 731. The lowest BCUT2D eigenvalue weighted by Gasteiger charge is -2.29. The number of fused-ring (bicyclic) bond motifs is 1. The number of hydrogen-bond donors (Lipinski definition) is 2. The van der Waals surface area contributed by atoms with Gasteiger partial charge in [0.1, 0.15) is 0 Å². The van der Waals surface area contributed by atoms with Gasteiger partial charge in [-0.3, -0.25) is 4.79 Å². The molecule has 0 heterocycles. The van der Waals surface area contributed by atoms with Crippen LogP contribution in [0, 0.1) is 11.3 Å². The third kappa shape index (κ3) is 1.99. The van der Waals surface area contributed by atoms with Crippen molar-refractivity contribution in [3.05, 3.63) is 59.2 Å². The first-order chi connectivity index (χ1) is 9.69. The number of hydrogen-bond acceptors (Lipinski definition) is 3. The molecule has 0 spiro atoms. The molecule has 1 unspecified atom stereocenters. The van der Waals surface area contributed by atoms with Crippen LogP contribution in [0.5, 0.6) is 0 Å². The van der Waals surface area contributed by atoms with Gasteiger partial charge in [0.2, 0.25) is 5.91 Å². The van der Waals surface area contributed by atoms with E-state index in [2.05, 4.69) is 5.32 Å². The second-order valence-corrected chi connectivity index (χ2v) is 4.86. The number of carbonyl (C=O) groups excluding carboxylic acids is 1. The van der Waals surface area contributed by atoms with Gasteiger partial charge in [-0.25, -0.2) is 0 Å². The van der Waals surface area contributed by atoms with Gasteiger partial charge in [-0.2, -0.15) is 5.26 Å². The molecule has 4 nitrogen and oxygen atoms in total. The lowest BCUT2D eigenvalue weighted by molar-refractivity contribution is -0.118. The molecule has 1 aliphatic carbocycles. The number of nitrogen functional groups attached to an aromatic ring is 1. The minimum atomic E-state index is -0.110. The molecule has 0 saturated heterocycles. The Kier molecular flexibility index (Phi) is 2.88. The van der Waals surface area contributed by atoms with Crippen LogP contribution in [0.25, 0.3) is 0 Å². The van der Waals surface area contributed by atoms with Crippen LogP contribution >= 0.6 is 0 Å². The Labute approximate surface area is 116 Å². The van der Waals surface area contributed by atoms with Crippen molar-refractivity contribution in [3.63, 3.8) is 0 Å². The first kappa shape index (κ1) is 12.2. The second kappa shape index (κ2) is 4.71. The van der Waals surface area contributed by atoms with Gasteiger partial charge < -0.3 is 11.1 Å². The molecular weight excluding hydrogens is 250 g/mol. The second-order valence-electron chi connectivity index (χ2n) is 4.86. The summed E-state index contributed by atoms with van der Waals surface area (Å²) in [4.78, 5) is 12.2. The zero-order chi connectivity index (χ0) is 14.1. The lowest BCUT2D eigenvalue weighted by Crippen LogP contribution is -2.30. The summed E-state index contributed by atoms with van der Waals surface area (Å²) in [7, 11) is 0. The number of nitrogens with zero attached hydrogens (tertiary/aromatic N) is 1. The van der Waals surface area contributed by atoms with Crippen molar-refractivity contribution >= 4 is 17.3 Å². The van der Waals surface area contributed by atoms with Crippen LogP contribution in [-0.4, -0.2) is 5.91 Å². The van der Waals surface area contributed by atoms with E-state index in [0.29, 0.717) is 16.9 Å². The van der Waals surface area contributed by atoms with Crippen LogP contribution in [0.2, 0.25) is 0 Å². The molecule has 2 aromatic rings. The van der Waals surface area contributed by atoms with E-state index in [0.717, 1.165) is 12.0 Å². The molecule has 1 amide bonds. The summed E-state index contributed by atoms with van der Waals surface area (Å²) >= 11 is 0. The molecule has 3 N–H and O–H groups in total. The molecule has 3 rings (SSSR count). The van der Waals surface area contributed by atoms with Gasteiger partial charge in [0.05, 0.1) is 28.9 Å². The van der Waals surface area contributed by atoms with Crippen molar-refractivity contribution in [2.24, 2.45) is 0 Å². The highest BCUT2D eigenvalue weighted by Crippen LogP contribution is 2.36. The van der Waals surface area contributed by atoms with E-state index in [1.54, 1.807) is 18.2 Å². The fraction of sp³-hybridized carbons (Fsp3) is 0.125. The van der Waals surface area contributed by atoms with Crippen LogP contribution in [0.15, 0.2) is 42.5 Å². The molecule has 0 saturated carbocycles. The Morgan fingerprint density at radius 3 is 2.80 bits per heavy atom. The van der Waals surface area contributed by atoms with Crippen LogP contribution in [-0.2, 0) is 11.2 Å². The minimum absolute atomic E-state index is 0.0555. The summed E-state index contributed by atoms with van der Waals surface area (Å²) in [6.45, 7) is 0. The summed E-state index contributed by atoms with van der Waals surface area (Å²) in [6, 6.07) is 14.8. The number of rotatable bonds is 2. The molecule has 98 valence electrons. The standard InChI is InChI=1S/C16H13N3O/c17-9-10-5-6-15(14(18)7-10)19-16(20)13-8-11-3-1-2-4-12(11)13/h1-7,13H,8,18H2,(H,19,20). The van der Waals surface area contributed by atoms with Crippen LogP contribution in [0.1, 0.15) is 22.6 Å². The molecule has 0 aromatic heterocycles. The Morgan fingerprint density at radius 2 is 2.10 bits per heavy atom. The number of nitrogens with one attached hydrogen (secondary N) is 1. The average molecular weight is 263 g/mol. The fourth-order valence-electron chi connectivity index (χ4n) is 2.46. The van der Waals surface area contributed by atoms with Crippen molar-refractivity contribution in [1.29, 1.82) is 5.26 Å². The Hall–Kier alpha value is -2.80. The van der Waals surface area contributed by atoms with Crippen LogP contribution < -0.4 is 11.1 Å². The maximum absolute atomic E-state index is 12.2. The number of nitriles is 1. The van der Waals surface area contributed by atoms with Gasteiger partial charge in [-0.15, -0.1) is 0 Å². The number of anilines is 2. The monoisotopic (exact) mass is 263 g/mol. The fourth-order valence-corrected chi connectivity index (χ4v) is 2.46. The zero-order valence-electron chi connectivity index (χ0n) is 10.8. The SMILES string of the molecule is N#Cc1ccc(NC(=O)C2Cc3ccccc32)c(N)c1. The lowest BCUT2D eigenvalue weighted by atomic mass is 9.77. The molecular formula is C16H13N3O. The van der Waals surface area contributed by atoms with Gasteiger partial charge in [-0.1, -0.05) is 24.3 Å². The highest BCUT2D eigenvalue weighted by Gasteiger charge is 2.31. The van der Waals surface area contributed by atoms with Crippen molar-refractivity contribution in [1.82, 2.24) is 0 Å². The van der Waals surface area contributed by atoms with E-state index in [-0.39, 0.29) is 11.8 Å². The zero-order valence-corrected chi connectivity index (χ0v) is 10.8. The minimum Gasteiger partial charge on any atom is -0.397 e. The first-order valence-electron chi connectivity index (χ1n) is 6.37. The van der Waals surface area contributed by atoms with E-state index in [1.165, 1.54) is 5.56 Å². The summed E-state index contributed by atoms with van der Waals surface area (Å²) in [5.74, 6) is -0.165. The third-order valence-corrected chi connectivity index (χ3v) is 3.61. The first-order valence-corrected chi connectivity index (χ1v) is 6.37. The van der Waals surface area contributed by atoms with E-state index >= 15 is 0 Å². The maximum atomic E-state index is 12.2. The highest BCUT2D eigenvalue weighted by atomic mass is 16.1. The molecule has 0 aliphatic heterocycles. The number of amides is 1. The molecule has 0 fully saturated rings. The van der Waals surface area contributed by atoms with E-state index in [9.17, 15) is 4.79 Å². The predicted molar refractivity (Wildman–Crippen MR) is 77.1 cm³/mol. The molecule has 0 radical (unpaired) electrons. The third-order valence-electron chi connectivity index (χ3n) is 3.61. The Balaban J connectivity index is 1.77. The summed E-state index contributed by atoms with van der Waals surface area (Å²) < 4.78 is 0. The molecule has 20 heavy (non-hydrogen) atoms. The van der Waals surface area contributed by atoms with Gasteiger partial charge >= 0.3 is 0 Å². The van der Waals surface area contributed by atoms with E-state index < -0.39 is 0 Å². The van der Waals surface area contributed by atoms with Gasteiger partial charge in [0, 0.05) is 0 Å². The predicted octanol–water partition coefficient (Wildman–Crippen LogP) is 2.42. The van der Waals surface area contributed by atoms with Gasteiger partial charge in [-0.05, 0) is 35.7 Å². The van der Waals surface area contributed by atoms with Gasteiger partial charge in [0.15, 0.2) is 0 Å². The van der Waals surface area contributed by atoms with E-state index in [1.807, 2.05) is 30.3 Å². The Morgan fingerprint density at radius 1 is 1.30 bits per heavy atom. The summed E-state index contributed by atoms with van der Waals surface area (Å²) in [5, 5.41) is 11.6. The van der Waals surface area contributed by atoms with Gasteiger partial charge in [0.25, 0.3) is 0 Å². The smallest absolute Gasteiger partial charge is 0.232 e. The molecule has 1 aliphatic rings. The molecule has 0 bridgehead atoms. The summed E-state index contributed by atoms with van der Waals surface area (Å²) in [5.41, 5.74) is 9.58. The topological polar surface area (TPSA) is 78.9 Å². The average Bonchev–Trinajstić information content (AvgIpc) is 2.42.